The van der Waals surface area contributed by atoms with Crippen LogP contribution in [0.4, 0.5) is 0 Å². The maximum absolute atomic E-state index is 9.86. The van der Waals surface area contributed by atoms with E-state index in [1.807, 2.05) is 36.4 Å². The quantitative estimate of drug-likeness (QED) is 0.917. The molecule has 1 aromatic carbocycles. The first-order chi connectivity index (χ1) is 10.7. The Kier molecular flexibility index (Phi) is 4.02. The Morgan fingerprint density at radius 2 is 2.14 bits per heavy atom. The zero-order valence-corrected chi connectivity index (χ0v) is 12.6. The van der Waals surface area contributed by atoms with Crippen LogP contribution in [-0.2, 0) is 4.74 Å². The number of rotatable bonds is 4. The van der Waals surface area contributed by atoms with Gasteiger partial charge in [0.1, 0.15) is 11.9 Å². The van der Waals surface area contributed by atoms with E-state index in [-0.39, 0.29) is 11.9 Å². The summed E-state index contributed by atoms with van der Waals surface area (Å²) in [5, 5.41) is 10.9. The van der Waals surface area contributed by atoms with Crippen LogP contribution in [0, 0.1) is 0 Å². The fourth-order valence-corrected chi connectivity index (χ4v) is 2.53. The first-order valence-corrected chi connectivity index (χ1v) is 7.08. The minimum Gasteiger partial charge on any atom is -0.510 e. The molecule has 4 heteroatoms. The molecular formula is C18H18O4. The molecule has 2 aromatic rings. The SMILES string of the molecule is COc1cc(/C=C/C2=CCC(OC)C(O)=C2)cc2ccoc12. The third-order valence-electron chi connectivity index (χ3n) is 3.72. The van der Waals surface area contributed by atoms with Crippen molar-refractivity contribution in [2.45, 2.75) is 12.5 Å². The molecule has 1 aliphatic rings. The van der Waals surface area contributed by atoms with Crippen LogP contribution < -0.4 is 4.74 Å². The highest BCUT2D eigenvalue weighted by Crippen LogP contribution is 2.29. The summed E-state index contributed by atoms with van der Waals surface area (Å²) >= 11 is 0. The predicted octanol–water partition coefficient (Wildman–Crippen LogP) is 4.24. The molecule has 0 fully saturated rings. The maximum atomic E-state index is 9.86. The highest BCUT2D eigenvalue weighted by Gasteiger charge is 2.15. The summed E-state index contributed by atoms with van der Waals surface area (Å²) in [6.07, 6.45) is 9.79. The largest absolute Gasteiger partial charge is 0.510 e. The number of hydrogen-bond acceptors (Lipinski definition) is 4. The van der Waals surface area contributed by atoms with Gasteiger partial charge in [0.15, 0.2) is 11.3 Å². The van der Waals surface area contributed by atoms with Crippen molar-refractivity contribution >= 4 is 17.0 Å². The van der Waals surface area contributed by atoms with Gasteiger partial charge in [0, 0.05) is 12.5 Å². The van der Waals surface area contributed by atoms with Crippen molar-refractivity contribution in [3.8, 4) is 5.75 Å². The van der Waals surface area contributed by atoms with Crippen LogP contribution in [0.2, 0.25) is 0 Å². The van der Waals surface area contributed by atoms with Crippen molar-refractivity contribution in [3.63, 3.8) is 0 Å². The molecular weight excluding hydrogens is 280 g/mol. The van der Waals surface area contributed by atoms with Crippen molar-refractivity contribution in [2.75, 3.05) is 14.2 Å². The van der Waals surface area contributed by atoms with Crippen LogP contribution in [0.3, 0.4) is 0 Å². The second-order valence-electron chi connectivity index (χ2n) is 5.13. The summed E-state index contributed by atoms with van der Waals surface area (Å²) in [7, 11) is 3.22. The van der Waals surface area contributed by atoms with Gasteiger partial charge in [-0.3, -0.25) is 0 Å². The minimum absolute atomic E-state index is 0.237. The summed E-state index contributed by atoms with van der Waals surface area (Å²) in [4.78, 5) is 0. The van der Waals surface area contributed by atoms with Gasteiger partial charge < -0.3 is 19.0 Å². The third-order valence-corrected chi connectivity index (χ3v) is 3.72. The minimum atomic E-state index is -0.237. The number of fused-ring (bicyclic) bond motifs is 1. The number of benzene rings is 1. The Labute approximate surface area is 129 Å². The standard InChI is InChI=1S/C18H18O4/c1-20-16-6-5-12(10-15(16)19)3-4-13-9-14-7-8-22-18(14)17(11-13)21-2/h3-5,7-11,16,19H,6H2,1-2H3/b4-3+. The first kappa shape index (κ1) is 14.5. The number of aliphatic hydroxyl groups is 1. The molecule has 0 bridgehead atoms. The fourth-order valence-electron chi connectivity index (χ4n) is 2.53. The van der Waals surface area contributed by atoms with Gasteiger partial charge in [-0.25, -0.2) is 0 Å². The second kappa shape index (κ2) is 6.12. The molecule has 4 nitrogen and oxygen atoms in total. The number of methoxy groups -OCH3 is 2. The van der Waals surface area contributed by atoms with Gasteiger partial charge in [0.2, 0.25) is 0 Å². The van der Waals surface area contributed by atoms with Crippen molar-refractivity contribution in [1.29, 1.82) is 0 Å². The Bertz CT molecular complexity index is 764. The topological polar surface area (TPSA) is 51.8 Å². The molecule has 1 aromatic heterocycles. The molecule has 114 valence electrons. The van der Waals surface area contributed by atoms with E-state index in [9.17, 15) is 5.11 Å². The van der Waals surface area contributed by atoms with E-state index >= 15 is 0 Å². The fraction of sp³-hybridized carbons (Fsp3) is 0.222. The van der Waals surface area contributed by atoms with Gasteiger partial charge in [-0.1, -0.05) is 18.2 Å². The van der Waals surface area contributed by atoms with Crippen LogP contribution in [0.15, 0.2) is 58.4 Å². The molecule has 1 aliphatic carbocycles. The number of aliphatic hydroxyl groups excluding tert-OH is 1. The van der Waals surface area contributed by atoms with Gasteiger partial charge in [0.05, 0.1) is 13.4 Å². The Hall–Kier alpha value is -2.46. The lowest BCUT2D eigenvalue weighted by atomic mass is 10.0. The highest BCUT2D eigenvalue weighted by molar-refractivity contribution is 5.86. The van der Waals surface area contributed by atoms with Crippen LogP contribution in [0.1, 0.15) is 12.0 Å². The molecule has 1 unspecified atom stereocenters. The van der Waals surface area contributed by atoms with E-state index in [1.54, 1.807) is 26.6 Å². The predicted molar refractivity (Wildman–Crippen MR) is 86.0 cm³/mol. The zero-order valence-electron chi connectivity index (χ0n) is 12.6. The average molecular weight is 298 g/mol. The first-order valence-electron chi connectivity index (χ1n) is 7.08. The third kappa shape index (κ3) is 2.78. The Morgan fingerprint density at radius 3 is 2.86 bits per heavy atom. The molecule has 0 spiro atoms. The zero-order chi connectivity index (χ0) is 15.5. The van der Waals surface area contributed by atoms with Crippen molar-refractivity contribution < 1.29 is 19.0 Å². The molecule has 0 aliphatic heterocycles. The van der Waals surface area contributed by atoms with E-state index in [1.165, 1.54) is 0 Å². The lowest BCUT2D eigenvalue weighted by molar-refractivity contribution is 0.0940. The maximum Gasteiger partial charge on any atom is 0.175 e. The number of allylic oxidation sites excluding steroid dienone is 3. The number of furan rings is 1. The highest BCUT2D eigenvalue weighted by atomic mass is 16.5. The number of ether oxygens (including phenoxy) is 2. The van der Waals surface area contributed by atoms with Gasteiger partial charge in [-0.05, 0) is 41.8 Å². The molecule has 0 saturated heterocycles. The number of hydrogen-bond donors (Lipinski definition) is 1. The van der Waals surface area contributed by atoms with Crippen LogP contribution in [0.5, 0.6) is 5.75 Å². The van der Waals surface area contributed by atoms with E-state index in [4.69, 9.17) is 13.9 Å². The molecule has 1 atom stereocenters. The molecule has 1 heterocycles. The van der Waals surface area contributed by atoms with Gasteiger partial charge >= 0.3 is 0 Å². The summed E-state index contributed by atoms with van der Waals surface area (Å²) in [5.74, 6) is 0.963. The van der Waals surface area contributed by atoms with Gasteiger partial charge in [-0.2, -0.15) is 0 Å². The summed E-state index contributed by atoms with van der Waals surface area (Å²) in [5.41, 5.74) is 2.71. The molecule has 0 radical (unpaired) electrons. The summed E-state index contributed by atoms with van der Waals surface area (Å²) in [6.45, 7) is 0. The molecule has 1 N–H and O–H groups in total. The van der Waals surface area contributed by atoms with Gasteiger partial charge in [0.25, 0.3) is 0 Å². The van der Waals surface area contributed by atoms with E-state index in [0.717, 1.165) is 22.1 Å². The Balaban J connectivity index is 1.86. The molecule has 0 amide bonds. The van der Waals surface area contributed by atoms with E-state index in [2.05, 4.69) is 0 Å². The lowest BCUT2D eigenvalue weighted by Gasteiger charge is -2.16. The van der Waals surface area contributed by atoms with Crippen LogP contribution in [-0.4, -0.2) is 25.4 Å². The second-order valence-corrected chi connectivity index (χ2v) is 5.13. The van der Waals surface area contributed by atoms with E-state index in [0.29, 0.717) is 12.2 Å². The lowest BCUT2D eigenvalue weighted by Crippen LogP contribution is -2.15. The van der Waals surface area contributed by atoms with Crippen molar-refractivity contribution in [1.82, 2.24) is 0 Å². The van der Waals surface area contributed by atoms with Crippen molar-refractivity contribution in [2.24, 2.45) is 0 Å². The normalized spacial score (nSPS) is 18.5. The van der Waals surface area contributed by atoms with Crippen LogP contribution in [0.25, 0.3) is 17.0 Å². The smallest absolute Gasteiger partial charge is 0.175 e. The van der Waals surface area contributed by atoms with Crippen molar-refractivity contribution in [3.05, 3.63) is 59.6 Å². The van der Waals surface area contributed by atoms with Crippen LogP contribution >= 0.6 is 0 Å². The Morgan fingerprint density at radius 1 is 1.27 bits per heavy atom. The summed E-state index contributed by atoms with van der Waals surface area (Å²) < 4.78 is 15.9. The van der Waals surface area contributed by atoms with E-state index < -0.39 is 0 Å². The summed E-state index contributed by atoms with van der Waals surface area (Å²) in [6, 6.07) is 5.86. The molecule has 3 rings (SSSR count). The molecule has 0 saturated carbocycles. The molecule has 22 heavy (non-hydrogen) atoms. The monoisotopic (exact) mass is 298 g/mol. The average Bonchev–Trinajstić information content (AvgIpc) is 3.00. The van der Waals surface area contributed by atoms with Gasteiger partial charge in [-0.15, -0.1) is 0 Å².